The fourth-order valence-electron chi connectivity index (χ4n) is 2.26. The van der Waals surface area contributed by atoms with Crippen LogP contribution in [0.25, 0.3) is 5.69 Å². The Morgan fingerprint density at radius 3 is 2.38 bits per heavy atom. The molecule has 3 rings (SSSR count). The van der Waals surface area contributed by atoms with E-state index in [1.807, 2.05) is 0 Å². The normalized spacial score (nSPS) is 10.7. The average Bonchev–Trinajstić information content (AvgIpc) is 2.92. The summed E-state index contributed by atoms with van der Waals surface area (Å²) in [6.45, 7) is 1.66. The predicted molar refractivity (Wildman–Crippen MR) is 82.6 cm³/mol. The summed E-state index contributed by atoms with van der Waals surface area (Å²) < 4.78 is 41.0. The van der Waals surface area contributed by atoms with Gasteiger partial charge in [0.05, 0.1) is 28.8 Å². The van der Waals surface area contributed by atoms with Crippen molar-refractivity contribution in [3.05, 3.63) is 77.4 Å². The molecule has 4 nitrogen and oxygen atoms in total. The second-order valence-electron chi connectivity index (χ2n) is 5.11. The summed E-state index contributed by atoms with van der Waals surface area (Å²) >= 11 is 0. The zero-order chi connectivity index (χ0) is 17.3. The van der Waals surface area contributed by atoms with Crippen molar-refractivity contribution >= 4 is 11.6 Å². The minimum Gasteiger partial charge on any atom is -0.319 e. The molecular formula is C17H12F3N3O. The first-order chi connectivity index (χ1) is 11.5. The second kappa shape index (κ2) is 6.19. The van der Waals surface area contributed by atoms with Gasteiger partial charge in [-0.3, -0.25) is 4.79 Å². The Morgan fingerprint density at radius 1 is 1.04 bits per heavy atom. The SMILES string of the molecule is Cc1c(C(=O)Nc2ccc(F)cc2F)cnn1-c1ccc(F)cc1. The second-order valence-corrected chi connectivity index (χ2v) is 5.11. The smallest absolute Gasteiger partial charge is 0.259 e. The molecule has 0 saturated heterocycles. The van der Waals surface area contributed by atoms with Crippen LogP contribution >= 0.6 is 0 Å². The number of nitrogens with one attached hydrogen (secondary N) is 1. The van der Waals surface area contributed by atoms with Crippen molar-refractivity contribution in [1.82, 2.24) is 9.78 Å². The van der Waals surface area contributed by atoms with Crippen LogP contribution in [0.1, 0.15) is 16.1 Å². The molecule has 0 aliphatic heterocycles. The maximum Gasteiger partial charge on any atom is 0.259 e. The van der Waals surface area contributed by atoms with Gasteiger partial charge in [-0.2, -0.15) is 5.10 Å². The van der Waals surface area contributed by atoms with E-state index < -0.39 is 17.5 Å². The third-order valence-corrected chi connectivity index (χ3v) is 3.50. The van der Waals surface area contributed by atoms with Crippen LogP contribution in [-0.4, -0.2) is 15.7 Å². The van der Waals surface area contributed by atoms with Crippen LogP contribution in [0, 0.1) is 24.4 Å². The molecule has 0 fully saturated rings. The highest BCUT2D eigenvalue weighted by molar-refractivity contribution is 6.05. The van der Waals surface area contributed by atoms with Crippen LogP contribution in [0.2, 0.25) is 0 Å². The highest BCUT2D eigenvalue weighted by Gasteiger charge is 2.17. The number of hydrogen-bond donors (Lipinski definition) is 1. The molecule has 0 unspecified atom stereocenters. The minimum absolute atomic E-state index is 0.129. The number of rotatable bonds is 3. The lowest BCUT2D eigenvalue weighted by Crippen LogP contribution is -2.14. The molecule has 0 saturated carbocycles. The number of hydrogen-bond acceptors (Lipinski definition) is 2. The molecule has 0 bridgehead atoms. The van der Waals surface area contributed by atoms with Gasteiger partial charge in [0.15, 0.2) is 0 Å². The van der Waals surface area contributed by atoms with E-state index in [2.05, 4.69) is 10.4 Å². The van der Waals surface area contributed by atoms with Crippen molar-refractivity contribution in [1.29, 1.82) is 0 Å². The summed E-state index contributed by atoms with van der Waals surface area (Å²) in [5.41, 5.74) is 1.18. The molecule has 7 heteroatoms. The molecule has 2 aromatic carbocycles. The lowest BCUT2D eigenvalue weighted by Gasteiger charge is -2.07. The molecule has 0 spiro atoms. The lowest BCUT2D eigenvalue weighted by atomic mass is 10.2. The number of halogens is 3. The highest BCUT2D eigenvalue weighted by atomic mass is 19.1. The molecule has 122 valence electrons. The molecule has 1 aromatic heterocycles. The Bertz CT molecular complexity index is 904. The van der Waals surface area contributed by atoms with Gasteiger partial charge in [-0.15, -0.1) is 0 Å². The summed E-state index contributed by atoms with van der Waals surface area (Å²) in [6.07, 6.45) is 1.33. The standard InChI is InChI=1S/C17H12F3N3O/c1-10-14(9-21-23(10)13-5-2-11(18)3-6-13)17(24)22-16-7-4-12(19)8-15(16)20/h2-9H,1H3,(H,22,24). The van der Waals surface area contributed by atoms with Crippen molar-refractivity contribution in [2.24, 2.45) is 0 Å². The number of carbonyl (C=O) groups excluding carboxylic acids is 1. The van der Waals surface area contributed by atoms with E-state index in [0.29, 0.717) is 17.4 Å². The average molecular weight is 331 g/mol. The lowest BCUT2D eigenvalue weighted by molar-refractivity contribution is 0.102. The van der Waals surface area contributed by atoms with Crippen molar-refractivity contribution in [2.45, 2.75) is 6.92 Å². The molecule has 24 heavy (non-hydrogen) atoms. The molecule has 1 heterocycles. The van der Waals surface area contributed by atoms with Gasteiger partial charge in [0, 0.05) is 6.07 Å². The summed E-state index contributed by atoms with van der Waals surface area (Å²) in [7, 11) is 0. The van der Waals surface area contributed by atoms with Gasteiger partial charge >= 0.3 is 0 Å². The van der Waals surface area contributed by atoms with Gasteiger partial charge in [0.2, 0.25) is 0 Å². The van der Waals surface area contributed by atoms with Crippen molar-refractivity contribution in [2.75, 3.05) is 5.32 Å². The number of carbonyl (C=O) groups is 1. The van der Waals surface area contributed by atoms with E-state index in [0.717, 1.165) is 12.1 Å². The Labute approximate surface area is 135 Å². The van der Waals surface area contributed by atoms with E-state index in [-0.39, 0.29) is 17.1 Å². The van der Waals surface area contributed by atoms with Crippen molar-refractivity contribution < 1.29 is 18.0 Å². The number of benzene rings is 2. The summed E-state index contributed by atoms with van der Waals surface area (Å²) in [4.78, 5) is 12.3. The quantitative estimate of drug-likeness (QED) is 0.792. The molecule has 0 radical (unpaired) electrons. The van der Waals surface area contributed by atoms with Gasteiger partial charge in [-0.1, -0.05) is 0 Å². The Morgan fingerprint density at radius 2 is 1.71 bits per heavy atom. The van der Waals surface area contributed by atoms with E-state index in [1.54, 1.807) is 6.92 Å². The van der Waals surface area contributed by atoms with E-state index >= 15 is 0 Å². The third-order valence-electron chi connectivity index (χ3n) is 3.50. The number of anilines is 1. The zero-order valence-corrected chi connectivity index (χ0v) is 12.6. The summed E-state index contributed by atoms with van der Waals surface area (Å²) in [6, 6.07) is 8.49. The fourth-order valence-corrected chi connectivity index (χ4v) is 2.26. The van der Waals surface area contributed by atoms with Crippen LogP contribution in [0.4, 0.5) is 18.9 Å². The molecule has 3 aromatic rings. The largest absolute Gasteiger partial charge is 0.319 e. The highest BCUT2D eigenvalue weighted by Crippen LogP contribution is 2.19. The van der Waals surface area contributed by atoms with E-state index in [1.165, 1.54) is 35.1 Å². The van der Waals surface area contributed by atoms with E-state index in [4.69, 9.17) is 0 Å². The molecule has 0 aliphatic carbocycles. The van der Waals surface area contributed by atoms with Gasteiger partial charge in [-0.25, -0.2) is 17.9 Å². The first-order valence-electron chi connectivity index (χ1n) is 7.02. The fraction of sp³-hybridized carbons (Fsp3) is 0.0588. The molecular weight excluding hydrogens is 319 g/mol. The first kappa shape index (κ1) is 15.8. The molecule has 1 amide bonds. The van der Waals surface area contributed by atoms with E-state index in [9.17, 15) is 18.0 Å². The number of amides is 1. The zero-order valence-electron chi connectivity index (χ0n) is 12.6. The number of aromatic nitrogens is 2. The maximum absolute atomic E-state index is 13.6. The monoisotopic (exact) mass is 331 g/mol. The van der Waals surface area contributed by atoms with Gasteiger partial charge in [-0.05, 0) is 43.3 Å². The van der Waals surface area contributed by atoms with Gasteiger partial charge in [0.25, 0.3) is 5.91 Å². The van der Waals surface area contributed by atoms with Crippen LogP contribution in [0.15, 0.2) is 48.7 Å². The maximum atomic E-state index is 13.6. The summed E-state index contributed by atoms with van der Waals surface area (Å²) in [5.74, 6) is -2.56. The minimum atomic E-state index is -0.869. The van der Waals surface area contributed by atoms with Gasteiger partial charge < -0.3 is 5.32 Å². The molecule has 0 aliphatic rings. The van der Waals surface area contributed by atoms with Crippen LogP contribution < -0.4 is 5.32 Å². The van der Waals surface area contributed by atoms with Gasteiger partial charge in [0.1, 0.15) is 17.5 Å². The Kier molecular flexibility index (Phi) is 4.07. The van der Waals surface area contributed by atoms with Crippen molar-refractivity contribution in [3.8, 4) is 5.69 Å². The van der Waals surface area contributed by atoms with Crippen LogP contribution in [-0.2, 0) is 0 Å². The number of nitrogens with zero attached hydrogens (tertiary/aromatic N) is 2. The van der Waals surface area contributed by atoms with Crippen LogP contribution in [0.3, 0.4) is 0 Å². The molecule has 0 atom stereocenters. The Hall–Kier alpha value is -3.09. The third kappa shape index (κ3) is 3.01. The summed E-state index contributed by atoms with van der Waals surface area (Å²) in [5, 5.41) is 6.47. The van der Waals surface area contributed by atoms with Crippen molar-refractivity contribution in [3.63, 3.8) is 0 Å². The predicted octanol–water partition coefficient (Wildman–Crippen LogP) is 3.85. The topological polar surface area (TPSA) is 46.9 Å². The molecule has 1 N–H and O–H groups in total. The first-order valence-corrected chi connectivity index (χ1v) is 7.02. The Balaban J connectivity index is 1.87. The van der Waals surface area contributed by atoms with Crippen LogP contribution in [0.5, 0.6) is 0 Å².